The van der Waals surface area contributed by atoms with Gasteiger partial charge in [0, 0.05) is 23.8 Å². The van der Waals surface area contributed by atoms with Crippen LogP contribution in [0.5, 0.6) is 0 Å². The Morgan fingerprint density at radius 2 is 2.10 bits per heavy atom. The third kappa shape index (κ3) is 6.23. The number of rotatable bonds is 8. The molecule has 1 rings (SSSR count). The van der Waals surface area contributed by atoms with E-state index in [4.69, 9.17) is 15.4 Å². The van der Waals surface area contributed by atoms with Crippen molar-refractivity contribution in [3.05, 3.63) is 11.9 Å². The second kappa shape index (κ2) is 7.46. The van der Waals surface area contributed by atoms with Crippen LogP contribution in [0, 0.1) is 0 Å². The molecule has 0 spiro atoms. The lowest BCUT2D eigenvalue weighted by atomic mass is 10.3. The van der Waals surface area contributed by atoms with E-state index in [2.05, 4.69) is 5.10 Å². The highest BCUT2D eigenvalue weighted by molar-refractivity contribution is 8.13. The van der Waals surface area contributed by atoms with Gasteiger partial charge in [0.25, 0.3) is 9.05 Å². The van der Waals surface area contributed by atoms with Gasteiger partial charge in [0.15, 0.2) is 0 Å². The largest absolute Gasteiger partial charge is 0.390 e. The molecule has 0 unspecified atom stereocenters. The minimum absolute atomic E-state index is 0.0327. The van der Waals surface area contributed by atoms with Crippen molar-refractivity contribution in [3.8, 4) is 0 Å². The minimum Gasteiger partial charge on any atom is -0.375 e. The molecule has 10 heteroatoms. The predicted molar refractivity (Wildman–Crippen MR) is 70.5 cm³/mol. The van der Waals surface area contributed by atoms with Crippen LogP contribution >= 0.6 is 10.7 Å². The molecule has 0 fully saturated rings. The van der Waals surface area contributed by atoms with E-state index in [1.165, 1.54) is 0 Å². The number of aryl methyl sites for hydroxylation is 1. The third-order valence-electron chi connectivity index (χ3n) is 2.66. The highest BCUT2D eigenvalue weighted by atomic mass is 35.7. The SMILES string of the molecule is CCCCOCc1c(S(=O)(=O)Cl)cnn1CCC(F)(F)F. The fourth-order valence-corrected chi connectivity index (χ4v) is 2.59. The first-order valence-electron chi connectivity index (χ1n) is 6.29. The van der Waals surface area contributed by atoms with Crippen molar-refractivity contribution >= 4 is 19.7 Å². The molecule has 0 radical (unpaired) electrons. The van der Waals surface area contributed by atoms with E-state index >= 15 is 0 Å². The zero-order chi connectivity index (χ0) is 16.1. The van der Waals surface area contributed by atoms with Gasteiger partial charge in [0.05, 0.1) is 24.9 Å². The van der Waals surface area contributed by atoms with E-state index in [0.717, 1.165) is 23.7 Å². The first-order valence-corrected chi connectivity index (χ1v) is 8.60. The summed E-state index contributed by atoms with van der Waals surface area (Å²) in [6.45, 7) is 1.69. The summed E-state index contributed by atoms with van der Waals surface area (Å²) in [6, 6.07) is 0. The molecular formula is C11H16ClF3N2O3S. The average molecular weight is 349 g/mol. The summed E-state index contributed by atoms with van der Waals surface area (Å²) < 4.78 is 65.8. The number of ether oxygens (including phenoxy) is 1. The van der Waals surface area contributed by atoms with Crippen molar-refractivity contribution < 1.29 is 26.3 Å². The maximum Gasteiger partial charge on any atom is 0.390 e. The quantitative estimate of drug-likeness (QED) is 0.535. The van der Waals surface area contributed by atoms with Gasteiger partial charge in [-0.3, -0.25) is 4.68 Å². The number of alkyl halides is 3. The van der Waals surface area contributed by atoms with Gasteiger partial charge >= 0.3 is 6.18 Å². The van der Waals surface area contributed by atoms with Crippen LogP contribution in [0.2, 0.25) is 0 Å². The maximum absolute atomic E-state index is 12.2. The van der Waals surface area contributed by atoms with Gasteiger partial charge in [-0.05, 0) is 6.42 Å². The lowest BCUT2D eigenvalue weighted by molar-refractivity contribution is -0.137. The molecule has 122 valence electrons. The number of hydrogen-bond acceptors (Lipinski definition) is 4. The minimum atomic E-state index is -4.35. The third-order valence-corrected chi connectivity index (χ3v) is 4.03. The van der Waals surface area contributed by atoms with Gasteiger partial charge in [-0.1, -0.05) is 13.3 Å². The molecule has 0 saturated carbocycles. The van der Waals surface area contributed by atoms with E-state index in [0.29, 0.717) is 6.61 Å². The van der Waals surface area contributed by atoms with Crippen LogP contribution in [0.4, 0.5) is 13.2 Å². The Morgan fingerprint density at radius 1 is 1.43 bits per heavy atom. The van der Waals surface area contributed by atoms with Crippen molar-refractivity contribution in [2.75, 3.05) is 6.61 Å². The van der Waals surface area contributed by atoms with Gasteiger partial charge in [-0.25, -0.2) is 8.42 Å². The van der Waals surface area contributed by atoms with Gasteiger partial charge in [0.1, 0.15) is 4.90 Å². The van der Waals surface area contributed by atoms with E-state index in [1.54, 1.807) is 0 Å². The van der Waals surface area contributed by atoms with Crippen LogP contribution in [0.15, 0.2) is 11.1 Å². The van der Waals surface area contributed by atoms with E-state index in [-0.39, 0.29) is 17.2 Å². The Morgan fingerprint density at radius 3 is 2.62 bits per heavy atom. The van der Waals surface area contributed by atoms with Crippen LogP contribution in [0.25, 0.3) is 0 Å². The zero-order valence-corrected chi connectivity index (χ0v) is 12.9. The fraction of sp³-hybridized carbons (Fsp3) is 0.727. The highest BCUT2D eigenvalue weighted by Crippen LogP contribution is 2.24. The molecule has 0 bridgehead atoms. The molecule has 1 aromatic heterocycles. The summed E-state index contributed by atoms with van der Waals surface area (Å²) in [5.41, 5.74) is 0.0327. The standard InChI is InChI=1S/C11H16ClF3N2O3S/c1-2-3-6-20-8-9-10(21(12,18)19)7-16-17(9)5-4-11(13,14)15/h7H,2-6,8H2,1H3. The van der Waals surface area contributed by atoms with Crippen LogP contribution in [-0.4, -0.2) is 31.0 Å². The molecule has 1 heterocycles. The average Bonchev–Trinajstić information content (AvgIpc) is 2.74. The van der Waals surface area contributed by atoms with E-state index < -0.39 is 28.2 Å². The van der Waals surface area contributed by atoms with Gasteiger partial charge in [-0.15, -0.1) is 0 Å². The number of aromatic nitrogens is 2. The second-order valence-electron chi connectivity index (χ2n) is 4.39. The van der Waals surface area contributed by atoms with Gasteiger partial charge in [0.2, 0.25) is 0 Å². The van der Waals surface area contributed by atoms with Crippen LogP contribution in [0.3, 0.4) is 0 Å². The Kier molecular flexibility index (Phi) is 6.48. The van der Waals surface area contributed by atoms with Gasteiger partial charge in [-0.2, -0.15) is 18.3 Å². The molecule has 0 atom stereocenters. The van der Waals surface area contributed by atoms with Crippen LogP contribution in [-0.2, 0) is 26.9 Å². The highest BCUT2D eigenvalue weighted by Gasteiger charge is 2.28. The molecule has 0 N–H and O–H groups in total. The van der Waals surface area contributed by atoms with Crippen molar-refractivity contribution in [2.24, 2.45) is 0 Å². The monoisotopic (exact) mass is 348 g/mol. The van der Waals surface area contributed by atoms with Gasteiger partial charge < -0.3 is 4.74 Å². The smallest absolute Gasteiger partial charge is 0.375 e. The Hall–Kier alpha value is -0.800. The van der Waals surface area contributed by atoms with Crippen LogP contribution in [0.1, 0.15) is 31.9 Å². The van der Waals surface area contributed by atoms with E-state index in [1.807, 2.05) is 6.92 Å². The summed E-state index contributed by atoms with van der Waals surface area (Å²) >= 11 is 0. The van der Waals surface area contributed by atoms with E-state index in [9.17, 15) is 21.6 Å². The molecular weight excluding hydrogens is 333 g/mol. The summed E-state index contributed by atoms with van der Waals surface area (Å²) in [5.74, 6) is 0. The summed E-state index contributed by atoms with van der Waals surface area (Å²) in [4.78, 5) is -0.317. The predicted octanol–water partition coefficient (Wildman–Crippen LogP) is 3.08. The fourth-order valence-electron chi connectivity index (χ4n) is 1.58. The maximum atomic E-state index is 12.2. The first-order chi connectivity index (χ1) is 9.65. The van der Waals surface area contributed by atoms with Crippen molar-refractivity contribution in [1.82, 2.24) is 9.78 Å². The molecule has 1 aromatic rings. The molecule has 21 heavy (non-hydrogen) atoms. The zero-order valence-electron chi connectivity index (χ0n) is 11.4. The lowest BCUT2D eigenvalue weighted by Gasteiger charge is -2.11. The Balaban J connectivity index is 2.89. The lowest BCUT2D eigenvalue weighted by Crippen LogP contribution is -2.16. The summed E-state index contributed by atoms with van der Waals surface area (Å²) in [5, 5.41) is 3.66. The number of hydrogen-bond donors (Lipinski definition) is 0. The van der Waals surface area contributed by atoms with Crippen LogP contribution < -0.4 is 0 Å². The number of halogens is 4. The normalized spacial score (nSPS) is 12.8. The Labute approximate surface area is 125 Å². The second-order valence-corrected chi connectivity index (χ2v) is 6.92. The van der Waals surface area contributed by atoms with Crippen molar-refractivity contribution in [3.63, 3.8) is 0 Å². The summed E-state index contributed by atoms with van der Waals surface area (Å²) in [7, 11) is 1.17. The van der Waals surface area contributed by atoms with Crippen molar-refractivity contribution in [1.29, 1.82) is 0 Å². The summed E-state index contributed by atoms with van der Waals surface area (Å²) in [6.07, 6.45) is -2.88. The molecule has 5 nitrogen and oxygen atoms in total. The molecule has 0 aliphatic heterocycles. The first kappa shape index (κ1) is 18.2. The number of unbranched alkanes of at least 4 members (excludes halogenated alkanes) is 1. The molecule has 0 saturated heterocycles. The number of nitrogens with zero attached hydrogens (tertiary/aromatic N) is 2. The topological polar surface area (TPSA) is 61.2 Å². The molecule has 0 aliphatic carbocycles. The van der Waals surface area contributed by atoms with Crippen molar-refractivity contribution in [2.45, 2.75) is 50.4 Å². The molecule has 0 aliphatic rings. The Bertz CT molecular complexity index is 558. The molecule has 0 amide bonds. The molecule has 0 aromatic carbocycles.